The van der Waals surface area contributed by atoms with Crippen molar-refractivity contribution >= 4 is 17.8 Å². The second-order valence-electron chi connectivity index (χ2n) is 6.01. The highest BCUT2D eigenvalue weighted by molar-refractivity contribution is 6.27. The summed E-state index contributed by atoms with van der Waals surface area (Å²) in [6.07, 6.45) is 0.926. The second kappa shape index (κ2) is 10.4. The summed E-state index contributed by atoms with van der Waals surface area (Å²) < 4.78 is 0. The Bertz CT molecular complexity index is 965. The van der Waals surface area contributed by atoms with Crippen molar-refractivity contribution < 1.29 is 24.9 Å². The minimum absolute atomic E-state index is 0.188. The number of phenolic OH excluding ortho intramolecular Hbond substituents is 1. The normalized spacial score (nSPS) is 9.83. The van der Waals surface area contributed by atoms with E-state index in [4.69, 9.17) is 19.8 Å². The fourth-order valence-corrected chi connectivity index (χ4v) is 2.42. The fraction of sp³-hybridized carbons (Fsp3) is 0.143. The van der Waals surface area contributed by atoms with E-state index in [9.17, 15) is 5.11 Å². The van der Waals surface area contributed by atoms with Gasteiger partial charge in [0.05, 0.1) is 5.56 Å². The van der Waals surface area contributed by atoms with Crippen LogP contribution >= 0.6 is 0 Å². The number of benzene rings is 2. The Morgan fingerprint density at radius 2 is 1.55 bits per heavy atom. The quantitative estimate of drug-likeness (QED) is 0.485. The van der Waals surface area contributed by atoms with Crippen molar-refractivity contribution in [1.82, 2.24) is 9.97 Å². The summed E-state index contributed by atoms with van der Waals surface area (Å²) in [7, 11) is 0. The van der Waals surface area contributed by atoms with Gasteiger partial charge in [0.15, 0.2) is 5.82 Å². The van der Waals surface area contributed by atoms with Gasteiger partial charge in [-0.2, -0.15) is 0 Å². The number of aliphatic carboxylic acids is 2. The van der Waals surface area contributed by atoms with Gasteiger partial charge in [0.1, 0.15) is 11.6 Å². The van der Waals surface area contributed by atoms with Crippen LogP contribution in [0.1, 0.15) is 11.3 Å². The van der Waals surface area contributed by atoms with Gasteiger partial charge in [0.2, 0.25) is 0 Å². The molecule has 1 heterocycles. The van der Waals surface area contributed by atoms with E-state index in [0.717, 1.165) is 24.5 Å². The Morgan fingerprint density at radius 1 is 0.931 bits per heavy atom. The summed E-state index contributed by atoms with van der Waals surface area (Å²) in [4.78, 5) is 27.1. The number of aryl methyl sites for hydroxylation is 1. The van der Waals surface area contributed by atoms with Crippen LogP contribution in [0.25, 0.3) is 11.4 Å². The number of carboxylic acid groups (broad SMARTS) is 2. The fourth-order valence-electron chi connectivity index (χ4n) is 2.42. The number of para-hydroxylation sites is 1. The predicted octanol–water partition coefficient (Wildman–Crippen LogP) is 2.97. The third-order valence-corrected chi connectivity index (χ3v) is 3.74. The summed E-state index contributed by atoms with van der Waals surface area (Å²) in [6.45, 7) is 2.72. The van der Waals surface area contributed by atoms with Crippen molar-refractivity contribution in [2.45, 2.75) is 13.3 Å². The first-order chi connectivity index (χ1) is 13.9. The summed E-state index contributed by atoms with van der Waals surface area (Å²) in [6, 6.07) is 19.3. The van der Waals surface area contributed by atoms with Crippen LogP contribution in [0.2, 0.25) is 0 Å². The molecule has 0 aliphatic rings. The maximum absolute atomic E-state index is 9.97. The molecule has 3 aromatic rings. The molecule has 0 amide bonds. The summed E-state index contributed by atoms with van der Waals surface area (Å²) in [5.74, 6) is -2.16. The minimum atomic E-state index is -1.82. The Kier molecular flexibility index (Phi) is 7.67. The zero-order chi connectivity index (χ0) is 21.2. The van der Waals surface area contributed by atoms with Gasteiger partial charge in [-0.3, -0.25) is 0 Å². The molecule has 0 aliphatic carbocycles. The number of aromatic nitrogens is 2. The third-order valence-electron chi connectivity index (χ3n) is 3.74. The molecule has 4 N–H and O–H groups in total. The molecule has 0 spiro atoms. The average molecular weight is 395 g/mol. The minimum Gasteiger partial charge on any atom is -0.507 e. The first-order valence-corrected chi connectivity index (χ1v) is 8.75. The lowest BCUT2D eigenvalue weighted by atomic mass is 10.1. The molecule has 29 heavy (non-hydrogen) atoms. The molecule has 0 saturated carbocycles. The highest BCUT2D eigenvalue weighted by Gasteiger charge is 2.08. The van der Waals surface area contributed by atoms with Crippen LogP contribution in [-0.2, 0) is 16.0 Å². The van der Waals surface area contributed by atoms with Gasteiger partial charge < -0.3 is 20.6 Å². The van der Waals surface area contributed by atoms with E-state index in [1.807, 2.05) is 43.3 Å². The Hall–Kier alpha value is -3.94. The average Bonchev–Trinajstić information content (AvgIpc) is 2.69. The summed E-state index contributed by atoms with van der Waals surface area (Å²) in [5.41, 5.74) is 2.79. The maximum atomic E-state index is 9.97. The predicted molar refractivity (Wildman–Crippen MR) is 108 cm³/mol. The third kappa shape index (κ3) is 6.94. The molecular weight excluding hydrogens is 374 g/mol. The first kappa shape index (κ1) is 21.4. The van der Waals surface area contributed by atoms with Crippen molar-refractivity contribution in [1.29, 1.82) is 0 Å². The zero-order valence-corrected chi connectivity index (χ0v) is 15.7. The van der Waals surface area contributed by atoms with Crippen LogP contribution in [0.5, 0.6) is 5.75 Å². The van der Waals surface area contributed by atoms with E-state index in [0.29, 0.717) is 11.4 Å². The molecule has 0 bridgehead atoms. The monoisotopic (exact) mass is 395 g/mol. The van der Waals surface area contributed by atoms with Gasteiger partial charge in [0.25, 0.3) is 0 Å². The SMILES string of the molecule is Cc1cc(NCCc2ccccc2)nc(-c2ccccc2O)n1.O=C(O)C(=O)O. The lowest BCUT2D eigenvalue weighted by Crippen LogP contribution is -2.09. The van der Waals surface area contributed by atoms with E-state index in [-0.39, 0.29) is 5.75 Å². The largest absolute Gasteiger partial charge is 0.507 e. The smallest absolute Gasteiger partial charge is 0.414 e. The molecule has 8 heteroatoms. The zero-order valence-electron chi connectivity index (χ0n) is 15.7. The molecule has 2 aromatic carbocycles. The highest BCUT2D eigenvalue weighted by atomic mass is 16.4. The van der Waals surface area contributed by atoms with Gasteiger partial charge in [-0.15, -0.1) is 0 Å². The van der Waals surface area contributed by atoms with E-state index in [2.05, 4.69) is 27.4 Å². The molecule has 150 valence electrons. The summed E-state index contributed by atoms with van der Waals surface area (Å²) in [5, 5.41) is 28.1. The van der Waals surface area contributed by atoms with Gasteiger partial charge in [-0.25, -0.2) is 19.6 Å². The highest BCUT2D eigenvalue weighted by Crippen LogP contribution is 2.26. The van der Waals surface area contributed by atoms with E-state index >= 15 is 0 Å². The van der Waals surface area contributed by atoms with Crippen LogP contribution in [-0.4, -0.2) is 43.8 Å². The molecule has 0 radical (unpaired) electrons. The lowest BCUT2D eigenvalue weighted by Gasteiger charge is -2.09. The number of rotatable bonds is 5. The lowest BCUT2D eigenvalue weighted by molar-refractivity contribution is -0.159. The van der Waals surface area contributed by atoms with Gasteiger partial charge in [0, 0.05) is 18.3 Å². The molecule has 0 saturated heterocycles. The Labute approximate surface area is 167 Å². The molecule has 8 nitrogen and oxygen atoms in total. The molecule has 0 fully saturated rings. The van der Waals surface area contributed by atoms with E-state index in [1.54, 1.807) is 12.1 Å². The van der Waals surface area contributed by atoms with Gasteiger partial charge in [-0.1, -0.05) is 42.5 Å². The Morgan fingerprint density at radius 3 is 2.17 bits per heavy atom. The summed E-state index contributed by atoms with van der Waals surface area (Å²) >= 11 is 0. The maximum Gasteiger partial charge on any atom is 0.414 e. The van der Waals surface area contributed by atoms with Crippen LogP contribution in [0.4, 0.5) is 5.82 Å². The number of hydrogen-bond donors (Lipinski definition) is 4. The van der Waals surface area contributed by atoms with Crippen molar-refractivity contribution in [3.8, 4) is 17.1 Å². The van der Waals surface area contributed by atoms with Gasteiger partial charge in [-0.05, 0) is 31.0 Å². The van der Waals surface area contributed by atoms with Gasteiger partial charge >= 0.3 is 11.9 Å². The van der Waals surface area contributed by atoms with Crippen molar-refractivity contribution in [3.63, 3.8) is 0 Å². The number of nitrogens with zero attached hydrogens (tertiary/aromatic N) is 2. The number of carboxylic acids is 2. The molecular formula is C21H21N3O5. The van der Waals surface area contributed by atoms with Crippen LogP contribution < -0.4 is 5.32 Å². The van der Waals surface area contributed by atoms with Crippen molar-refractivity contribution in [2.24, 2.45) is 0 Å². The molecule has 0 atom stereocenters. The first-order valence-electron chi connectivity index (χ1n) is 8.75. The van der Waals surface area contributed by atoms with E-state index in [1.165, 1.54) is 5.56 Å². The van der Waals surface area contributed by atoms with Crippen LogP contribution in [0.3, 0.4) is 0 Å². The Balaban J connectivity index is 0.000000438. The topological polar surface area (TPSA) is 133 Å². The van der Waals surface area contributed by atoms with Crippen molar-refractivity contribution in [2.75, 3.05) is 11.9 Å². The number of anilines is 1. The number of aromatic hydroxyl groups is 1. The number of nitrogens with one attached hydrogen (secondary N) is 1. The molecule has 3 rings (SSSR count). The van der Waals surface area contributed by atoms with E-state index < -0.39 is 11.9 Å². The molecule has 1 aromatic heterocycles. The number of phenols is 1. The molecule has 0 aliphatic heterocycles. The number of hydrogen-bond acceptors (Lipinski definition) is 6. The second-order valence-corrected chi connectivity index (χ2v) is 6.01. The van der Waals surface area contributed by atoms with Crippen LogP contribution in [0.15, 0.2) is 60.7 Å². The number of carbonyl (C=O) groups is 2. The molecule has 0 unspecified atom stereocenters. The van der Waals surface area contributed by atoms with Crippen molar-refractivity contribution in [3.05, 3.63) is 71.9 Å². The standard InChI is InChI=1S/C19H19N3O.C2H2O4/c1-14-13-18(20-12-11-15-7-3-2-4-8-15)22-19(21-14)16-9-5-6-10-17(16)23;3-1(4)2(5)6/h2-10,13,23H,11-12H2,1H3,(H,20,21,22);(H,3,4)(H,5,6). The van der Waals surface area contributed by atoms with Crippen LogP contribution in [0, 0.1) is 6.92 Å².